The van der Waals surface area contributed by atoms with Gasteiger partial charge in [0.25, 0.3) is 0 Å². The van der Waals surface area contributed by atoms with Crippen molar-refractivity contribution in [2.45, 2.75) is 16.7 Å². The lowest BCUT2D eigenvalue weighted by atomic mass is 10.2. The van der Waals surface area contributed by atoms with Crippen LogP contribution in [0, 0.1) is 24.1 Å². The van der Waals surface area contributed by atoms with Crippen LogP contribution in [0.5, 0.6) is 0 Å². The van der Waals surface area contributed by atoms with Crippen molar-refractivity contribution >= 4 is 9.84 Å². The van der Waals surface area contributed by atoms with Crippen molar-refractivity contribution in [3.05, 3.63) is 59.4 Å². The number of rotatable bonds is 2. The lowest BCUT2D eigenvalue weighted by Gasteiger charge is -2.07. The Morgan fingerprint density at radius 3 is 2.47 bits per heavy atom. The van der Waals surface area contributed by atoms with Crippen molar-refractivity contribution in [2.24, 2.45) is 0 Å². The van der Waals surface area contributed by atoms with Gasteiger partial charge in [-0.15, -0.1) is 0 Å². The van der Waals surface area contributed by atoms with Crippen molar-refractivity contribution in [1.29, 1.82) is 5.26 Å². The third-order valence-electron chi connectivity index (χ3n) is 2.68. The number of halogens is 1. The van der Waals surface area contributed by atoms with Gasteiger partial charge in [0.05, 0.1) is 9.79 Å². The monoisotopic (exact) mass is 275 g/mol. The quantitative estimate of drug-likeness (QED) is 0.846. The van der Waals surface area contributed by atoms with E-state index in [9.17, 15) is 12.8 Å². The molecule has 0 bridgehead atoms. The molecule has 19 heavy (non-hydrogen) atoms. The molecule has 0 unspecified atom stereocenters. The fraction of sp³-hybridized carbons (Fsp3) is 0.0714. The molecule has 2 aromatic carbocycles. The van der Waals surface area contributed by atoms with Gasteiger partial charge in [0.2, 0.25) is 9.84 Å². The lowest BCUT2D eigenvalue weighted by molar-refractivity contribution is 0.589. The van der Waals surface area contributed by atoms with Crippen LogP contribution in [0.4, 0.5) is 4.39 Å². The van der Waals surface area contributed by atoms with Crippen molar-refractivity contribution in [1.82, 2.24) is 0 Å². The molecule has 0 N–H and O–H groups in total. The van der Waals surface area contributed by atoms with Gasteiger partial charge in [-0.2, -0.15) is 5.26 Å². The standard InChI is InChI=1S/C14H10FNO2S/c1-10-4-2-5-11(8-10)19(17,18)14-7-3-6-13(15)12(14)9-16/h2-8H,1H3. The first-order valence-electron chi connectivity index (χ1n) is 5.47. The van der Waals surface area contributed by atoms with Gasteiger partial charge < -0.3 is 0 Å². The summed E-state index contributed by atoms with van der Waals surface area (Å²) in [5.74, 6) is -0.837. The largest absolute Gasteiger partial charge is 0.218 e. The van der Waals surface area contributed by atoms with E-state index < -0.39 is 21.2 Å². The molecule has 2 aromatic rings. The minimum absolute atomic E-state index is 0.0506. The molecule has 0 aliphatic heterocycles. The maximum atomic E-state index is 13.5. The van der Waals surface area contributed by atoms with Gasteiger partial charge in [-0.3, -0.25) is 0 Å². The summed E-state index contributed by atoms with van der Waals surface area (Å²) in [6.45, 7) is 1.76. The molecule has 0 atom stereocenters. The van der Waals surface area contributed by atoms with Gasteiger partial charge in [-0.05, 0) is 36.8 Å². The van der Waals surface area contributed by atoms with Crippen molar-refractivity contribution in [2.75, 3.05) is 0 Å². The summed E-state index contributed by atoms with van der Waals surface area (Å²) in [4.78, 5) is -0.254. The molecule has 0 saturated carbocycles. The number of aryl methyl sites for hydroxylation is 1. The molecule has 0 saturated heterocycles. The molecule has 0 fully saturated rings. The molecule has 0 heterocycles. The number of nitriles is 1. The van der Waals surface area contributed by atoms with Crippen LogP contribution < -0.4 is 0 Å². The maximum absolute atomic E-state index is 13.5. The predicted octanol–water partition coefficient (Wildman–Crippen LogP) is 2.84. The van der Waals surface area contributed by atoms with Crippen LogP contribution in [-0.4, -0.2) is 8.42 Å². The Labute approximate surface area is 110 Å². The van der Waals surface area contributed by atoms with Crippen LogP contribution in [0.25, 0.3) is 0 Å². The van der Waals surface area contributed by atoms with Crippen LogP contribution in [-0.2, 0) is 9.84 Å². The van der Waals surface area contributed by atoms with Crippen molar-refractivity contribution in [3.8, 4) is 6.07 Å². The molecule has 0 spiro atoms. The molecule has 0 aliphatic carbocycles. The summed E-state index contributed by atoms with van der Waals surface area (Å²) in [7, 11) is -3.89. The van der Waals surface area contributed by atoms with Crippen LogP contribution in [0.3, 0.4) is 0 Å². The van der Waals surface area contributed by atoms with E-state index in [1.54, 1.807) is 25.1 Å². The second-order valence-electron chi connectivity index (χ2n) is 4.04. The summed E-state index contributed by atoms with van der Waals surface area (Å²) in [5, 5.41) is 8.91. The Morgan fingerprint density at radius 2 is 1.84 bits per heavy atom. The molecule has 0 aromatic heterocycles. The summed E-state index contributed by atoms with van der Waals surface area (Å²) >= 11 is 0. The second kappa shape index (κ2) is 4.82. The van der Waals surface area contributed by atoms with Gasteiger partial charge in [0.1, 0.15) is 17.4 Å². The number of benzene rings is 2. The first kappa shape index (κ1) is 13.2. The number of hydrogen-bond donors (Lipinski definition) is 0. The Balaban J connectivity index is 2.72. The fourth-order valence-electron chi connectivity index (χ4n) is 1.75. The third kappa shape index (κ3) is 2.35. The lowest BCUT2D eigenvalue weighted by Crippen LogP contribution is -2.06. The predicted molar refractivity (Wildman–Crippen MR) is 67.7 cm³/mol. The highest BCUT2D eigenvalue weighted by Crippen LogP contribution is 2.25. The van der Waals surface area contributed by atoms with E-state index in [0.29, 0.717) is 0 Å². The smallest absolute Gasteiger partial charge is 0.208 e. The van der Waals surface area contributed by atoms with E-state index in [1.807, 2.05) is 0 Å². The molecular formula is C14H10FNO2S. The summed E-state index contributed by atoms with van der Waals surface area (Å²) in [5.41, 5.74) is 0.319. The topological polar surface area (TPSA) is 57.9 Å². The molecule has 3 nitrogen and oxygen atoms in total. The van der Waals surface area contributed by atoms with Crippen LogP contribution in [0.1, 0.15) is 11.1 Å². The van der Waals surface area contributed by atoms with Crippen LogP contribution in [0.15, 0.2) is 52.3 Å². The minimum atomic E-state index is -3.89. The molecule has 0 amide bonds. The van der Waals surface area contributed by atoms with Gasteiger partial charge in [0, 0.05) is 0 Å². The minimum Gasteiger partial charge on any atom is -0.218 e. The Morgan fingerprint density at radius 1 is 1.16 bits per heavy atom. The zero-order valence-electron chi connectivity index (χ0n) is 10.1. The van der Waals surface area contributed by atoms with E-state index in [4.69, 9.17) is 5.26 Å². The summed E-state index contributed by atoms with van der Waals surface area (Å²) < 4.78 is 38.3. The van der Waals surface area contributed by atoms with Gasteiger partial charge in [-0.1, -0.05) is 18.2 Å². The number of nitrogens with zero attached hydrogens (tertiary/aromatic N) is 1. The first-order chi connectivity index (χ1) is 8.96. The average Bonchev–Trinajstić information content (AvgIpc) is 2.38. The van der Waals surface area contributed by atoms with Gasteiger partial charge in [0.15, 0.2) is 0 Å². The van der Waals surface area contributed by atoms with Gasteiger partial charge in [-0.25, -0.2) is 12.8 Å². The number of hydrogen-bond acceptors (Lipinski definition) is 3. The highest BCUT2D eigenvalue weighted by molar-refractivity contribution is 7.91. The van der Waals surface area contributed by atoms with E-state index in [1.165, 1.54) is 24.3 Å². The van der Waals surface area contributed by atoms with E-state index in [0.717, 1.165) is 11.6 Å². The highest BCUT2D eigenvalue weighted by atomic mass is 32.2. The van der Waals surface area contributed by atoms with Crippen LogP contribution >= 0.6 is 0 Å². The molecule has 96 valence electrons. The van der Waals surface area contributed by atoms with E-state index >= 15 is 0 Å². The molecule has 0 aliphatic rings. The third-order valence-corrected chi connectivity index (χ3v) is 4.47. The normalized spacial score (nSPS) is 11.0. The van der Waals surface area contributed by atoms with Gasteiger partial charge >= 0.3 is 0 Å². The first-order valence-corrected chi connectivity index (χ1v) is 6.95. The maximum Gasteiger partial charge on any atom is 0.208 e. The summed E-state index contributed by atoms with van der Waals surface area (Å²) in [6, 6.07) is 11.5. The Bertz CT molecular complexity index is 776. The van der Waals surface area contributed by atoms with E-state index in [2.05, 4.69) is 0 Å². The average molecular weight is 275 g/mol. The summed E-state index contributed by atoms with van der Waals surface area (Å²) in [6.07, 6.45) is 0. The van der Waals surface area contributed by atoms with Crippen molar-refractivity contribution < 1.29 is 12.8 Å². The van der Waals surface area contributed by atoms with Crippen molar-refractivity contribution in [3.63, 3.8) is 0 Å². The molecule has 2 rings (SSSR count). The molecule has 5 heteroatoms. The Hall–Kier alpha value is -2.19. The molecule has 0 radical (unpaired) electrons. The second-order valence-corrected chi connectivity index (χ2v) is 5.96. The van der Waals surface area contributed by atoms with Crippen LogP contribution in [0.2, 0.25) is 0 Å². The fourth-order valence-corrected chi connectivity index (χ4v) is 3.27. The Kier molecular flexibility index (Phi) is 3.36. The SMILES string of the molecule is Cc1cccc(S(=O)(=O)c2cccc(F)c2C#N)c1. The highest BCUT2D eigenvalue weighted by Gasteiger charge is 2.23. The zero-order chi connectivity index (χ0) is 14.0. The number of sulfone groups is 1. The molecular weight excluding hydrogens is 265 g/mol. The van der Waals surface area contributed by atoms with E-state index in [-0.39, 0.29) is 9.79 Å². The zero-order valence-corrected chi connectivity index (χ0v) is 10.9.